The topological polar surface area (TPSA) is 19.4 Å². The van der Waals surface area contributed by atoms with Crippen LogP contribution in [0.5, 0.6) is 0 Å². The molecule has 1 aromatic rings. The predicted molar refractivity (Wildman–Crippen MR) is 63.7 cm³/mol. The lowest BCUT2D eigenvalue weighted by Gasteiger charge is -2.33. The Bertz CT molecular complexity index is 346. The van der Waals surface area contributed by atoms with Gasteiger partial charge < -0.3 is 9.80 Å². The largest absolute Gasteiger partial charge is 0.354 e. The van der Waals surface area contributed by atoms with Crippen molar-refractivity contribution in [3.63, 3.8) is 0 Å². The van der Waals surface area contributed by atoms with E-state index in [4.69, 9.17) is 11.6 Å². The zero-order valence-electron chi connectivity index (χ0n) is 9.20. The van der Waals surface area contributed by atoms with Gasteiger partial charge in [-0.25, -0.2) is 4.98 Å². The number of hydrogen-bond acceptors (Lipinski definition) is 3. The summed E-state index contributed by atoms with van der Waals surface area (Å²) in [6.45, 7) is 6.22. The molecule has 0 aliphatic carbocycles. The number of anilines is 1. The van der Waals surface area contributed by atoms with Crippen LogP contribution in [-0.2, 0) is 0 Å². The van der Waals surface area contributed by atoms with Gasteiger partial charge in [0.1, 0.15) is 11.0 Å². The molecule has 2 heterocycles. The summed E-state index contributed by atoms with van der Waals surface area (Å²) >= 11 is 6.01. The normalized spacial score (nSPS) is 18.2. The first-order valence-electron chi connectivity index (χ1n) is 5.23. The maximum atomic E-state index is 6.01. The minimum Gasteiger partial charge on any atom is -0.354 e. The summed E-state index contributed by atoms with van der Waals surface area (Å²) in [6.07, 6.45) is 0. The van der Waals surface area contributed by atoms with E-state index in [2.05, 4.69) is 21.8 Å². The molecule has 1 aromatic heterocycles. The van der Waals surface area contributed by atoms with Crippen LogP contribution in [0.1, 0.15) is 5.56 Å². The summed E-state index contributed by atoms with van der Waals surface area (Å²) in [7, 11) is 2.15. The molecule has 2 rings (SSSR count). The third kappa shape index (κ3) is 2.41. The lowest BCUT2D eigenvalue weighted by Crippen LogP contribution is -2.44. The van der Waals surface area contributed by atoms with E-state index in [1.165, 1.54) is 0 Å². The van der Waals surface area contributed by atoms with E-state index in [9.17, 15) is 0 Å². The molecule has 3 nitrogen and oxygen atoms in total. The molecule has 1 aliphatic heterocycles. The van der Waals surface area contributed by atoms with Crippen LogP contribution >= 0.6 is 11.6 Å². The van der Waals surface area contributed by atoms with E-state index in [-0.39, 0.29) is 0 Å². The molecule has 1 saturated heterocycles. The Balaban J connectivity index is 2.12. The van der Waals surface area contributed by atoms with Gasteiger partial charge >= 0.3 is 0 Å². The fraction of sp³-hybridized carbons (Fsp3) is 0.545. The highest BCUT2D eigenvalue weighted by atomic mass is 35.5. The highest BCUT2D eigenvalue weighted by Gasteiger charge is 2.15. The van der Waals surface area contributed by atoms with E-state index >= 15 is 0 Å². The summed E-state index contributed by atoms with van der Waals surface area (Å²) in [6, 6.07) is 4.08. The molecule has 0 spiro atoms. The van der Waals surface area contributed by atoms with Crippen molar-refractivity contribution in [1.29, 1.82) is 0 Å². The Morgan fingerprint density at radius 2 is 1.87 bits per heavy atom. The fourth-order valence-electron chi connectivity index (χ4n) is 1.71. The number of hydrogen-bond donors (Lipinski definition) is 0. The average molecular weight is 226 g/mol. The van der Waals surface area contributed by atoms with E-state index in [1.54, 1.807) is 0 Å². The molecular weight excluding hydrogens is 210 g/mol. The van der Waals surface area contributed by atoms with E-state index in [0.717, 1.165) is 37.6 Å². The van der Waals surface area contributed by atoms with Crippen molar-refractivity contribution >= 4 is 17.4 Å². The summed E-state index contributed by atoms with van der Waals surface area (Å²) in [5.41, 5.74) is 1.04. The lowest BCUT2D eigenvalue weighted by molar-refractivity contribution is 0.312. The maximum absolute atomic E-state index is 6.01. The molecule has 0 saturated carbocycles. The zero-order chi connectivity index (χ0) is 10.8. The third-order valence-corrected chi connectivity index (χ3v) is 3.23. The minimum absolute atomic E-state index is 0.617. The minimum atomic E-state index is 0.617. The SMILES string of the molecule is Cc1ccc(N2CCN(C)CC2)nc1Cl. The smallest absolute Gasteiger partial charge is 0.134 e. The lowest BCUT2D eigenvalue weighted by atomic mass is 10.3. The van der Waals surface area contributed by atoms with Crippen LogP contribution in [0.3, 0.4) is 0 Å². The van der Waals surface area contributed by atoms with Crippen LogP contribution < -0.4 is 4.90 Å². The molecule has 1 aliphatic rings. The van der Waals surface area contributed by atoms with Gasteiger partial charge in [0.05, 0.1) is 0 Å². The molecule has 15 heavy (non-hydrogen) atoms. The van der Waals surface area contributed by atoms with Crippen molar-refractivity contribution in [2.24, 2.45) is 0 Å². The van der Waals surface area contributed by atoms with Gasteiger partial charge in [-0.1, -0.05) is 17.7 Å². The van der Waals surface area contributed by atoms with Crippen LogP contribution in [0.15, 0.2) is 12.1 Å². The number of rotatable bonds is 1. The summed E-state index contributed by atoms with van der Waals surface area (Å²) in [4.78, 5) is 9.00. The van der Waals surface area contributed by atoms with E-state index in [1.807, 2.05) is 19.1 Å². The first kappa shape index (κ1) is 10.7. The van der Waals surface area contributed by atoms with Gasteiger partial charge in [-0.2, -0.15) is 0 Å². The van der Waals surface area contributed by atoms with Crippen LogP contribution in [-0.4, -0.2) is 43.1 Å². The fourth-order valence-corrected chi connectivity index (χ4v) is 1.86. The van der Waals surface area contributed by atoms with Gasteiger partial charge in [-0.15, -0.1) is 0 Å². The number of pyridine rings is 1. The molecule has 0 N–H and O–H groups in total. The third-order valence-electron chi connectivity index (χ3n) is 2.85. The van der Waals surface area contributed by atoms with Crippen molar-refractivity contribution in [2.75, 3.05) is 38.1 Å². The summed E-state index contributed by atoms with van der Waals surface area (Å²) in [5.74, 6) is 0.999. The van der Waals surface area contributed by atoms with Crippen molar-refractivity contribution in [2.45, 2.75) is 6.92 Å². The van der Waals surface area contributed by atoms with Crippen LogP contribution in [0, 0.1) is 6.92 Å². The number of piperazine rings is 1. The Hall–Kier alpha value is -0.800. The highest BCUT2D eigenvalue weighted by molar-refractivity contribution is 6.30. The van der Waals surface area contributed by atoms with Crippen LogP contribution in [0.25, 0.3) is 0 Å². The first-order chi connectivity index (χ1) is 7.16. The molecule has 0 unspecified atom stereocenters. The highest BCUT2D eigenvalue weighted by Crippen LogP contribution is 2.19. The van der Waals surface area contributed by atoms with Crippen molar-refractivity contribution in [3.05, 3.63) is 22.8 Å². The quantitative estimate of drug-likeness (QED) is 0.680. The molecule has 4 heteroatoms. The summed E-state index contributed by atoms with van der Waals surface area (Å²) in [5, 5.41) is 0.617. The molecule has 1 fully saturated rings. The molecule has 0 amide bonds. The molecule has 0 bridgehead atoms. The Kier molecular flexibility index (Phi) is 3.12. The van der Waals surface area contributed by atoms with E-state index in [0.29, 0.717) is 5.15 Å². The summed E-state index contributed by atoms with van der Waals surface area (Å²) < 4.78 is 0. The second kappa shape index (κ2) is 4.37. The standard InChI is InChI=1S/C11H16ClN3/c1-9-3-4-10(13-11(9)12)15-7-5-14(2)6-8-15/h3-4H,5-8H2,1-2H3. The van der Waals surface area contributed by atoms with Crippen LogP contribution in [0.2, 0.25) is 5.15 Å². The number of likely N-dealkylation sites (N-methyl/N-ethyl adjacent to an activating group) is 1. The second-order valence-corrected chi connectivity index (χ2v) is 4.43. The van der Waals surface area contributed by atoms with Gasteiger partial charge in [-0.3, -0.25) is 0 Å². The number of nitrogens with zero attached hydrogens (tertiary/aromatic N) is 3. The molecule has 82 valence electrons. The van der Waals surface area contributed by atoms with Crippen molar-refractivity contribution in [1.82, 2.24) is 9.88 Å². The Morgan fingerprint density at radius 1 is 1.20 bits per heavy atom. The average Bonchev–Trinajstić information content (AvgIpc) is 2.23. The Labute approximate surface area is 95.7 Å². The van der Waals surface area contributed by atoms with Gasteiger partial charge in [-0.05, 0) is 25.6 Å². The van der Waals surface area contributed by atoms with Gasteiger partial charge in [0.2, 0.25) is 0 Å². The first-order valence-corrected chi connectivity index (χ1v) is 5.61. The predicted octanol–water partition coefficient (Wildman–Crippen LogP) is 1.80. The second-order valence-electron chi connectivity index (χ2n) is 4.07. The van der Waals surface area contributed by atoms with Gasteiger partial charge in [0.15, 0.2) is 0 Å². The molecule has 0 radical (unpaired) electrons. The Morgan fingerprint density at radius 3 is 2.47 bits per heavy atom. The van der Waals surface area contributed by atoms with Gasteiger partial charge in [0.25, 0.3) is 0 Å². The van der Waals surface area contributed by atoms with Crippen LogP contribution in [0.4, 0.5) is 5.82 Å². The van der Waals surface area contributed by atoms with Crippen molar-refractivity contribution < 1.29 is 0 Å². The zero-order valence-corrected chi connectivity index (χ0v) is 9.96. The molecule has 0 atom stereocenters. The number of aromatic nitrogens is 1. The maximum Gasteiger partial charge on any atom is 0.134 e. The number of halogens is 1. The molecule has 0 aromatic carbocycles. The van der Waals surface area contributed by atoms with Crippen molar-refractivity contribution in [3.8, 4) is 0 Å². The van der Waals surface area contributed by atoms with E-state index < -0.39 is 0 Å². The number of aryl methyl sites for hydroxylation is 1. The molecular formula is C11H16ClN3. The van der Waals surface area contributed by atoms with Gasteiger partial charge in [0, 0.05) is 26.2 Å². The monoisotopic (exact) mass is 225 g/mol.